The number of allylic oxidation sites excluding steroid dienone is 6. The maximum Gasteiger partial charge on any atom is 0.305 e. The third kappa shape index (κ3) is 65.2. The molecule has 6 nitrogen and oxygen atoms in total. The molecule has 0 saturated carbocycles. The molecular formula is C74H141NO5. The fourth-order valence-corrected chi connectivity index (χ4v) is 11.4. The van der Waals surface area contributed by atoms with Gasteiger partial charge in [-0.3, -0.25) is 9.59 Å². The smallest absolute Gasteiger partial charge is 0.305 e. The first-order chi connectivity index (χ1) is 39.5. The predicted octanol–water partition coefficient (Wildman–Crippen LogP) is 23.5. The van der Waals surface area contributed by atoms with E-state index in [0.717, 1.165) is 51.4 Å². The van der Waals surface area contributed by atoms with Gasteiger partial charge in [0.15, 0.2) is 0 Å². The highest BCUT2D eigenvalue weighted by molar-refractivity contribution is 5.76. The second-order valence-corrected chi connectivity index (χ2v) is 24.9. The Labute approximate surface area is 500 Å². The summed E-state index contributed by atoms with van der Waals surface area (Å²) in [4.78, 5) is 24.6. The Hall–Kier alpha value is -1.92. The van der Waals surface area contributed by atoms with Gasteiger partial charge in [0.1, 0.15) is 0 Å². The topological polar surface area (TPSA) is 95.9 Å². The molecule has 1 amide bonds. The zero-order valence-corrected chi connectivity index (χ0v) is 54.1. The fourth-order valence-electron chi connectivity index (χ4n) is 11.4. The molecule has 0 aliphatic carbocycles. The number of hydrogen-bond acceptors (Lipinski definition) is 5. The summed E-state index contributed by atoms with van der Waals surface area (Å²) in [5.74, 6) is -0.0216. The molecule has 0 spiro atoms. The lowest BCUT2D eigenvalue weighted by Gasteiger charge is -2.22. The molecule has 0 saturated heterocycles. The van der Waals surface area contributed by atoms with Crippen molar-refractivity contribution < 1.29 is 24.5 Å². The van der Waals surface area contributed by atoms with Gasteiger partial charge < -0.3 is 20.3 Å². The van der Waals surface area contributed by atoms with Crippen LogP contribution in [0.25, 0.3) is 0 Å². The molecule has 0 fully saturated rings. The van der Waals surface area contributed by atoms with Crippen molar-refractivity contribution in [2.45, 2.75) is 411 Å². The van der Waals surface area contributed by atoms with Gasteiger partial charge in [-0.2, -0.15) is 0 Å². The minimum absolute atomic E-state index is 0.00920. The summed E-state index contributed by atoms with van der Waals surface area (Å²) in [7, 11) is 0. The molecule has 0 radical (unpaired) electrons. The number of hydrogen-bond donors (Lipinski definition) is 3. The Bertz CT molecular complexity index is 1300. The summed E-state index contributed by atoms with van der Waals surface area (Å²) in [5.41, 5.74) is 0. The van der Waals surface area contributed by atoms with Gasteiger partial charge in [0.25, 0.3) is 0 Å². The Morgan fingerprint density at radius 1 is 0.350 bits per heavy atom. The van der Waals surface area contributed by atoms with Gasteiger partial charge >= 0.3 is 5.97 Å². The van der Waals surface area contributed by atoms with Gasteiger partial charge in [0.05, 0.1) is 25.4 Å². The van der Waals surface area contributed by atoms with E-state index >= 15 is 0 Å². The first-order valence-corrected chi connectivity index (χ1v) is 36.2. The van der Waals surface area contributed by atoms with Crippen LogP contribution in [-0.4, -0.2) is 47.4 Å². The van der Waals surface area contributed by atoms with Gasteiger partial charge in [0, 0.05) is 12.8 Å². The highest BCUT2D eigenvalue weighted by atomic mass is 16.5. The predicted molar refractivity (Wildman–Crippen MR) is 352 cm³/mol. The second-order valence-electron chi connectivity index (χ2n) is 24.9. The van der Waals surface area contributed by atoms with Crippen LogP contribution in [0.4, 0.5) is 0 Å². The molecule has 80 heavy (non-hydrogen) atoms. The number of carbonyl (C=O) groups excluding carboxylic acids is 2. The van der Waals surface area contributed by atoms with Crippen LogP contribution in [0.15, 0.2) is 36.5 Å². The molecule has 0 aromatic heterocycles. The van der Waals surface area contributed by atoms with Crippen molar-refractivity contribution in [3.63, 3.8) is 0 Å². The number of aliphatic hydroxyl groups is 2. The molecule has 2 atom stereocenters. The lowest BCUT2D eigenvalue weighted by Crippen LogP contribution is -2.45. The van der Waals surface area contributed by atoms with E-state index in [1.165, 1.54) is 315 Å². The summed E-state index contributed by atoms with van der Waals surface area (Å²) >= 11 is 0. The Morgan fingerprint density at radius 2 is 0.625 bits per heavy atom. The molecule has 0 aliphatic rings. The van der Waals surface area contributed by atoms with E-state index in [0.29, 0.717) is 25.9 Å². The number of nitrogens with one attached hydrogen (secondary N) is 1. The van der Waals surface area contributed by atoms with E-state index in [9.17, 15) is 19.8 Å². The minimum atomic E-state index is -0.662. The SMILES string of the molecule is CCCCCCCC/C=C\CCCCCCCC(=O)OCCCCCCCCCCCCC/C=C\C/C=C\CCCCCCCCCCCCCCCCCCCC(=O)NC(CO)C(O)CCCCCCCCCCCCCCC. The van der Waals surface area contributed by atoms with Gasteiger partial charge in [-0.1, -0.05) is 339 Å². The molecule has 6 heteroatoms. The van der Waals surface area contributed by atoms with E-state index in [1.54, 1.807) is 0 Å². The molecule has 3 N–H and O–H groups in total. The standard InChI is InChI=1S/C74H141NO5/c1-3-5-7-9-11-13-15-17-39-44-48-52-56-60-64-68-74(79)80-69-65-61-57-53-49-45-41-38-36-34-32-30-28-26-24-22-20-18-19-21-23-25-27-29-31-33-35-37-40-43-47-51-55-59-63-67-73(78)75-71(70-76)72(77)66-62-58-54-50-46-42-16-14-12-10-8-6-4-2/h17,20,22,26,28,39,71-72,76-77H,3-16,18-19,21,23-25,27,29-38,40-70H2,1-2H3,(H,75,78)/b22-20-,28-26-,39-17-. The Kier molecular flexibility index (Phi) is 67.9. The zero-order chi connectivity index (χ0) is 57.8. The average Bonchev–Trinajstić information content (AvgIpc) is 3.46. The van der Waals surface area contributed by atoms with Crippen LogP contribution in [-0.2, 0) is 14.3 Å². The molecule has 0 aromatic carbocycles. The van der Waals surface area contributed by atoms with E-state index in [-0.39, 0.29) is 18.5 Å². The lowest BCUT2D eigenvalue weighted by atomic mass is 10.0. The lowest BCUT2D eigenvalue weighted by molar-refractivity contribution is -0.143. The summed E-state index contributed by atoms with van der Waals surface area (Å²) < 4.78 is 5.49. The first kappa shape index (κ1) is 78.1. The summed E-state index contributed by atoms with van der Waals surface area (Å²) in [5, 5.41) is 23.3. The van der Waals surface area contributed by atoms with Crippen molar-refractivity contribution in [1.82, 2.24) is 5.32 Å². The average molecular weight is 1120 g/mol. The maximum atomic E-state index is 12.5. The molecule has 0 rings (SSSR count). The van der Waals surface area contributed by atoms with Crippen LogP contribution in [0.1, 0.15) is 399 Å². The van der Waals surface area contributed by atoms with Crippen LogP contribution in [0.3, 0.4) is 0 Å². The van der Waals surface area contributed by atoms with Crippen LogP contribution in [0, 0.1) is 0 Å². The van der Waals surface area contributed by atoms with E-state index in [1.807, 2.05) is 0 Å². The molecular weight excluding hydrogens is 983 g/mol. The summed E-state index contributed by atoms with van der Waals surface area (Å²) in [6, 6.07) is -0.539. The van der Waals surface area contributed by atoms with Gasteiger partial charge in [-0.15, -0.1) is 0 Å². The van der Waals surface area contributed by atoms with Crippen molar-refractivity contribution in [3.05, 3.63) is 36.5 Å². The number of aliphatic hydroxyl groups excluding tert-OH is 2. The molecule has 2 unspecified atom stereocenters. The van der Waals surface area contributed by atoms with Crippen LogP contribution in [0.5, 0.6) is 0 Å². The van der Waals surface area contributed by atoms with Crippen molar-refractivity contribution in [2.24, 2.45) is 0 Å². The second kappa shape index (κ2) is 69.6. The molecule has 0 aromatic rings. The highest BCUT2D eigenvalue weighted by Gasteiger charge is 2.20. The van der Waals surface area contributed by atoms with E-state index < -0.39 is 12.1 Å². The number of amides is 1. The minimum Gasteiger partial charge on any atom is -0.466 e. The molecule has 0 heterocycles. The number of esters is 1. The van der Waals surface area contributed by atoms with Gasteiger partial charge in [-0.05, 0) is 83.5 Å². The number of unbranched alkanes of at least 4 members (excludes halogenated alkanes) is 51. The monoisotopic (exact) mass is 1120 g/mol. The summed E-state index contributed by atoms with van der Waals surface area (Å²) in [6.07, 6.45) is 89.3. The third-order valence-electron chi connectivity index (χ3n) is 16.9. The van der Waals surface area contributed by atoms with Crippen LogP contribution < -0.4 is 5.32 Å². The molecule has 0 aliphatic heterocycles. The molecule has 0 bridgehead atoms. The van der Waals surface area contributed by atoms with Crippen molar-refractivity contribution in [2.75, 3.05) is 13.2 Å². The first-order valence-electron chi connectivity index (χ1n) is 36.2. The molecule has 472 valence electrons. The van der Waals surface area contributed by atoms with Crippen LogP contribution in [0.2, 0.25) is 0 Å². The summed E-state index contributed by atoms with van der Waals surface area (Å²) in [6.45, 7) is 4.97. The number of rotatable bonds is 68. The number of carbonyl (C=O) groups is 2. The van der Waals surface area contributed by atoms with Gasteiger partial charge in [0.2, 0.25) is 5.91 Å². The maximum absolute atomic E-state index is 12.5. The van der Waals surface area contributed by atoms with E-state index in [4.69, 9.17) is 4.74 Å². The van der Waals surface area contributed by atoms with Crippen molar-refractivity contribution >= 4 is 11.9 Å². The number of ether oxygens (including phenoxy) is 1. The van der Waals surface area contributed by atoms with Gasteiger partial charge in [-0.25, -0.2) is 0 Å². The quantitative estimate of drug-likeness (QED) is 0.0320. The normalized spacial score (nSPS) is 12.7. The van der Waals surface area contributed by atoms with Crippen molar-refractivity contribution in [1.29, 1.82) is 0 Å². The highest BCUT2D eigenvalue weighted by Crippen LogP contribution is 2.19. The zero-order valence-electron chi connectivity index (χ0n) is 54.1. The fraction of sp³-hybridized carbons (Fsp3) is 0.892. The Balaban J connectivity index is 3.36. The van der Waals surface area contributed by atoms with E-state index in [2.05, 4.69) is 55.6 Å². The Morgan fingerprint density at radius 3 is 0.963 bits per heavy atom. The third-order valence-corrected chi connectivity index (χ3v) is 16.9. The van der Waals surface area contributed by atoms with Crippen molar-refractivity contribution in [3.8, 4) is 0 Å². The van der Waals surface area contributed by atoms with Crippen LogP contribution >= 0.6 is 0 Å². The largest absolute Gasteiger partial charge is 0.466 e.